The van der Waals surface area contributed by atoms with Crippen LogP contribution < -0.4 is 0 Å². The topological polar surface area (TPSA) is 169 Å². The van der Waals surface area contributed by atoms with E-state index in [2.05, 4.69) is 56.4 Å². The van der Waals surface area contributed by atoms with Gasteiger partial charge in [-0.1, -0.05) is 158 Å². The first-order valence-corrected chi connectivity index (χ1v) is 20.8. The van der Waals surface area contributed by atoms with Gasteiger partial charge in [-0.3, -0.25) is 9.59 Å². The van der Waals surface area contributed by atoms with Crippen LogP contribution in [0.3, 0.4) is 0 Å². The summed E-state index contributed by atoms with van der Waals surface area (Å²) in [6.45, 7) is 3.59. The van der Waals surface area contributed by atoms with Gasteiger partial charge < -0.3 is 39.4 Å². The van der Waals surface area contributed by atoms with E-state index >= 15 is 0 Å². The van der Waals surface area contributed by atoms with E-state index in [0.29, 0.717) is 12.8 Å². The van der Waals surface area contributed by atoms with Gasteiger partial charge in [0.15, 0.2) is 18.5 Å². The number of aliphatic hydroxyl groups is 3. The summed E-state index contributed by atoms with van der Waals surface area (Å²) < 4.78 is 21.6. The highest BCUT2D eigenvalue weighted by atomic mass is 16.7. The van der Waals surface area contributed by atoms with Crippen molar-refractivity contribution in [2.24, 2.45) is 0 Å². The average Bonchev–Trinajstić information content (AvgIpc) is 3.17. The minimum absolute atomic E-state index is 0.00289. The molecule has 0 amide bonds. The number of hydrogen-bond acceptors (Lipinski definition) is 10. The standard InChI is InChI=1S/C44H72O11/c1-3-5-7-9-11-13-15-17-19-21-22-24-26-28-30-32-37(45)52-34-36(35-53-44-41(49)39(47)40(48)42(55-44)43(50)51)54-38(46)33-31-29-27-25-23-20-18-16-14-12-10-8-6-4-2/h5,7,11,13,17,19,22,24,28,30,36,39-42,44,47-49H,3-4,6,8-10,12,14-16,18,20-21,23,25-27,29,31-35H2,1-2H3,(H,50,51)/b7-5-,13-11-,19-17-,24-22-,30-28-. The predicted molar refractivity (Wildman–Crippen MR) is 215 cm³/mol. The Labute approximate surface area is 330 Å². The molecular formula is C44H72O11. The zero-order chi connectivity index (χ0) is 40.4. The van der Waals surface area contributed by atoms with Gasteiger partial charge in [0.2, 0.25) is 0 Å². The van der Waals surface area contributed by atoms with Crippen LogP contribution in [-0.2, 0) is 33.3 Å². The Morgan fingerprint density at radius 2 is 1.05 bits per heavy atom. The van der Waals surface area contributed by atoms with E-state index in [1.54, 1.807) is 6.08 Å². The molecule has 0 aliphatic carbocycles. The summed E-state index contributed by atoms with van der Waals surface area (Å²) in [5.74, 6) is -2.61. The molecule has 1 aliphatic rings. The van der Waals surface area contributed by atoms with Crippen molar-refractivity contribution in [3.63, 3.8) is 0 Å². The number of esters is 2. The number of allylic oxidation sites excluding steroid dienone is 9. The zero-order valence-corrected chi connectivity index (χ0v) is 33.6. The number of unbranched alkanes of at least 4 members (excludes halogenated alkanes) is 13. The zero-order valence-electron chi connectivity index (χ0n) is 33.6. The molecule has 0 aromatic heterocycles. The Hall–Kier alpha value is -3.09. The van der Waals surface area contributed by atoms with Crippen molar-refractivity contribution in [1.29, 1.82) is 0 Å². The lowest BCUT2D eigenvalue weighted by Crippen LogP contribution is -2.60. The molecule has 1 rings (SSSR count). The Bertz CT molecular complexity index is 1140. The van der Waals surface area contributed by atoms with Crippen LogP contribution in [0.25, 0.3) is 0 Å². The largest absolute Gasteiger partial charge is 0.479 e. The van der Waals surface area contributed by atoms with Crippen LogP contribution in [0.15, 0.2) is 60.8 Å². The predicted octanol–water partition coefficient (Wildman–Crippen LogP) is 8.36. The van der Waals surface area contributed by atoms with Crippen LogP contribution in [0.1, 0.15) is 149 Å². The fraction of sp³-hybridized carbons (Fsp3) is 0.705. The van der Waals surface area contributed by atoms with Crippen LogP contribution in [0.2, 0.25) is 0 Å². The molecule has 0 saturated carbocycles. The minimum Gasteiger partial charge on any atom is -0.479 e. The molecule has 0 bridgehead atoms. The third-order valence-electron chi connectivity index (χ3n) is 9.16. The molecule has 1 heterocycles. The first kappa shape index (κ1) is 49.9. The smallest absolute Gasteiger partial charge is 0.335 e. The second kappa shape index (κ2) is 34.2. The number of carboxylic acid groups (broad SMARTS) is 1. The lowest BCUT2D eigenvalue weighted by atomic mass is 9.99. The van der Waals surface area contributed by atoms with Crippen LogP contribution in [0, 0.1) is 0 Å². The molecule has 0 spiro atoms. The van der Waals surface area contributed by atoms with Crippen molar-refractivity contribution in [2.45, 2.75) is 185 Å². The Kier molecular flexibility index (Phi) is 31.0. The van der Waals surface area contributed by atoms with Gasteiger partial charge in [-0.15, -0.1) is 0 Å². The summed E-state index contributed by atoms with van der Waals surface area (Å²) >= 11 is 0. The van der Waals surface area contributed by atoms with E-state index in [-0.39, 0.29) is 19.4 Å². The first-order chi connectivity index (χ1) is 26.7. The van der Waals surface area contributed by atoms with Crippen molar-refractivity contribution in [3.05, 3.63) is 60.8 Å². The molecule has 1 saturated heterocycles. The highest BCUT2D eigenvalue weighted by Crippen LogP contribution is 2.23. The van der Waals surface area contributed by atoms with Crippen LogP contribution in [0.4, 0.5) is 0 Å². The molecule has 6 atom stereocenters. The van der Waals surface area contributed by atoms with Gasteiger partial charge in [0.1, 0.15) is 24.9 Å². The lowest BCUT2D eigenvalue weighted by Gasteiger charge is -2.38. The minimum atomic E-state index is -1.87. The Morgan fingerprint density at radius 3 is 1.55 bits per heavy atom. The molecule has 314 valence electrons. The SMILES string of the molecule is CC/C=C\C/C=C\C/C=C\C/C=C\C/C=C\CC(=O)OCC(COC1OC(C(=O)O)C(O)C(O)C1O)OC(=O)CCCCCCCCCCCCCCCC. The summed E-state index contributed by atoms with van der Waals surface area (Å²) in [5.41, 5.74) is 0. The summed E-state index contributed by atoms with van der Waals surface area (Å²) in [6, 6.07) is 0. The molecule has 1 fully saturated rings. The van der Waals surface area contributed by atoms with Gasteiger partial charge in [-0.2, -0.15) is 0 Å². The van der Waals surface area contributed by atoms with Gasteiger partial charge in [0.05, 0.1) is 13.0 Å². The average molecular weight is 777 g/mol. The number of rotatable bonds is 33. The van der Waals surface area contributed by atoms with Crippen molar-refractivity contribution in [1.82, 2.24) is 0 Å². The quantitative estimate of drug-likeness (QED) is 0.0287. The first-order valence-electron chi connectivity index (χ1n) is 20.8. The molecular weight excluding hydrogens is 704 g/mol. The fourth-order valence-corrected chi connectivity index (χ4v) is 5.89. The number of aliphatic hydroxyl groups excluding tert-OH is 3. The van der Waals surface area contributed by atoms with Crippen molar-refractivity contribution < 1.29 is 53.8 Å². The molecule has 11 heteroatoms. The number of carbonyl (C=O) groups is 3. The molecule has 1 aliphatic heterocycles. The summed E-state index contributed by atoms with van der Waals surface area (Å²) in [5, 5.41) is 39.7. The van der Waals surface area contributed by atoms with Gasteiger partial charge in [0, 0.05) is 6.42 Å². The van der Waals surface area contributed by atoms with Crippen molar-refractivity contribution >= 4 is 17.9 Å². The maximum atomic E-state index is 12.7. The normalized spacial score (nSPS) is 21.1. The molecule has 6 unspecified atom stereocenters. The van der Waals surface area contributed by atoms with E-state index < -0.39 is 61.3 Å². The van der Waals surface area contributed by atoms with E-state index in [0.717, 1.165) is 44.9 Å². The maximum Gasteiger partial charge on any atom is 0.335 e. The summed E-state index contributed by atoms with van der Waals surface area (Å²) in [7, 11) is 0. The van der Waals surface area contributed by atoms with Gasteiger partial charge in [0.25, 0.3) is 0 Å². The second-order valence-electron chi connectivity index (χ2n) is 14.1. The Morgan fingerprint density at radius 1 is 0.582 bits per heavy atom. The summed E-state index contributed by atoms with van der Waals surface area (Å²) in [6.07, 6.45) is 31.6. The van der Waals surface area contributed by atoms with E-state index in [4.69, 9.17) is 18.9 Å². The van der Waals surface area contributed by atoms with Crippen LogP contribution in [-0.4, -0.2) is 88.4 Å². The van der Waals surface area contributed by atoms with E-state index in [1.165, 1.54) is 64.2 Å². The molecule has 55 heavy (non-hydrogen) atoms. The molecule has 0 radical (unpaired) electrons. The molecule has 0 aromatic carbocycles. The van der Waals surface area contributed by atoms with E-state index in [1.807, 2.05) is 12.2 Å². The highest BCUT2D eigenvalue weighted by Gasteiger charge is 2.47. The van der Waals surface area contributed by atoms with Gasteiger partial charge in [-0.05, 0) is 38.5 Å². The molecule has 4 N–H and O–H groups in total. The number of aliphatic carboxylic acids is 1. The van der Waals surface area contributed by atoms with Gasteiger partial charge >= 0.3 is 17.9 Å². The maximum absolute atomic E-state index is 12.7. The number of carbonyl (C=O) groups excluding carboxylic acids is 2. The van der Waals surface area contributed by atoms with Gasteiger partial charge in [-0.25, -0.2) is 4.79 Å². The Balaban J connectivity index is 2.47. The van der Waals surface area contributed by atoms with Crippen LogP contribution >= 0.6 is 0 Å². The lowest BCUT2D eigenvalue weighted by molar-refractivity contribution is -0.298. The number of carboxylic acids is 1. The third-order valence-corrected chi connectivity index (χ3v) is 9.16. The molecule has 0 aromatic rings. The van der Waals surface area contributed by atoms with Crippen LogP contribution in [0.5, 0.6) is 0 Å². The molecule has 11 nitrogen and oxygen atoms in total. The third kappa shape index (κ3) is 26.4. The number of ether oxygens (including phenoxy) is 4. The number of hydrogen-bond donors (Lipinski definition) is 4. The van der Waals surface area contributed by atoms with Crippen molar-refractivity contribution in [3.8, 4) is 0 Å². The second-order valence-corrected chi connectivity index (χ2v) is 14.1. The van der Waals surface area contributed by atoms with Crippen molar-refractivity contribution in [2.75, 3.05) is 13.2 Å². The van der Waals surface area contributed by atoms with E-state index in [9.17, 15) is 34.8 Å². The fourth-order valence-electron chi connectivity index (χ4n) is 5.89. The highest BCUT2D eigenvalue weighted by molar-refractivity contribution is 5.73. The monoisotopic (exact) mass is 777 g/mol. The summed E-state index contributed by atoms with van der Waals surface area (Å²) in [4.78, 5) is 36.7.